The molecule has 11 heteroatoms. The Hall–Kier alpha value is -2.27. The van der Waals surface area contributed by atoms with E-state index in [9.17, 15) is 9.50 Å². The van der Waals surface area contributed by atoms with Gasteiger partial charge in [0.1, 0.15) is 18.3 Å². The van der Waals surface area contributed by atoms with Gasteiger partial charge < -0.3 is 24.3 Å². The van der Waals surface area contributed by atoms with Gasteiger partial charge in [-0.1, -0.05) is 11.6 Å². The van der Waals surface area contributed by atoms with Crippen molar-refractivity contribution in [3.05, 3.63) is 34.5 Å². The normalized spacial score (nSPS) is 26.3. The van der Waals surface area contributed by atoms with Crippen LogP contribution in [0.2, 0.25) is 5.02 Å². The summed E-state index contributed by atoms with van der Waals surface area (Å²) in [6.07, 6.45) is 0.401. The van der Waals surface area contributed by atoms with Crippen molar-refractivity contribution in [3.63, 3.8) is 0 Å². The van der Waals surface area contributed by atoms with E-state index in [1.54, 1.807) is 13.1 Å². The molecule has 0 saturated carbocycles. The van der Waals surface area contributed by atoms with Crippen LogP contribution in [-0.4, -0.2) is 67.5 Å². The van der Waals surface area contributed by atoms with Crippen LogP contribution in [0.5, 0.6) is 6.01 Å². The predicted molar refractivity (Wildman–Crippen MR) is 99.4 cm³/mol. The highest BCUT2D eigenvalue weighted by Gasteiger charge is 2.48. The van der Waals surface area contributed by atoms with Gasteiger partial charge in [-0.15, -0.1) is 0 Å². The zero-order chi connectivity index (χ0) is 20.1. The topological polar surface area (TPSA) is 107 Å². The van der Waals surface area contributed by atoms with Gasteiger partial charge >= 0.3 is 0 Å². The van der Waals surface area contributed by atoms with Crippen molar-refractivity contribution in [2.24, 2.45) is 7.05 Å². The van der Waals surface area contributed by atoms with Crippen LogP contribution in [0, 0.1) is 5.82 Å². The van der Waals surface area contributed by atoms with Crippen molar-refractivity contribution in [3.8, 4) is 6.01 Å². The van der Waals surface area contributed by atoms with Crippen LogP contribution in [-0.2, 0) is 29.4 Å². The molecule has 0 aliphatic carbocycles. The molecule has 0 radical (unpaired) electrons. The number of hydrogen-bond donors (Lipinski definition) is 2. The number of imidazole rings is 1. The van der Waals surface area contributed by atoms with E-state index >= 15 is 0 Å². The lowest BCUT2D eigenvalue weighted by Crippen LogP contribution is -2.34. The van der Waals surface area contributed by atoms with Crippen LogP contribution in [0.25, 0.3) is 11.2 Å². The zero-order valence-electron chi connectivity index (χ0n) is 15.5. The summed E-state index contributed by atoms with van der Waals surface area (Å²) in [5.74, 6) is -0.350. The highest BCUT2D eigenvalue weighted by atomic mass is 35.5. The fourth-order valence-electron chi connectivity index (χ4n) is 3.76. The molecule has 5 heterocycles. The summed E-state index contributed by atoms with van der Waals surface area (Å²) in [6.45, 7) is 0.533. The largest absolute Gasteiger partial charge is 0.456 e. The minimum atomic E-state index is -0.642. The summed E-state index contributed by atoms with van der Waals surface area (Å²) in [4.78, 5) is 11.9. The Labute approximate surface area is 169 Å². The number of rotatable bonds is 5. The molecule has 2 aliphatic rings. The van der Waals surface area contributed by atoms with Gasteiger partial charge in [0.25, 0.3) is 6.01 Å². The number of aromatic nitrogens is 5. The second kappa shape index (κ2) is 7.21. The average molecular weight is 424 g/mol. The van der Waals surface area contributed by atoms with Gasteiger partial charge in [0.05, 0.1) is 41.3 Å². The fraction of sp³-hybridized carbons (Fsp3) is 0.500. The van der Waals surface area contributed by atoms with Gasteiger partial charge in [-0.2, -0.15) is 10.1 Å². The van der Waals surface area contributed by atoms with E-state index in [-0.39, 0.29) is 36.7 Å². The van der Waals surface area contributed by atoms with Crippen molar-refractivity contribution >= 4 is 22.8 Å². The van der Waals surface area contributed by atoms with E-state index in [4.69, 9.17) is 25.8 Å². The Morgan fingerprint density at radius 1 is 1.28 bits per heavy atom. The highest BCUT2D eigenvalue weighted by molar-refractivity contribution is 6.31. The van der Waals surface area contributed by atoms with Crippen molar-refractivity contribution in [1.82, 2.24) is 24.7 Å². The predicted octanol–water partition coefficient (Wildman–Crippen LogP) is 1.17. The monoisotopic (exact) mass is 423 g/mol. The molecule has 0 bridgehead atoms. The number of aliphatic hydroxyl groups excluding tert-OH is 1. The van der Waals surface area contributed by atoms with Crippen molar-refractivity contribution in [2.45, 2.75) is 37.3 Å². The first-order chi connectivity index (χ1) is 14.0. The molecule has 0 amide bonds. The van der Waals surface area contributed by atoms with Gasteiger partial charge in [0, 0.05) is 13.5 Å². The molecule has 4 atom stereocenters. The van der Waals surface area contributed by atoms with Gasteiger partial charge in [0.15, 0.2) is 17.6 Å². The van der Waals surface area contributed by atoms with Crippen molar-refractivity contribution in [1.29, 1.82) is 0 Å². The maximum atomic E-state index is 13.8. The molecule has 2 aliphatic heterocycles. The molecule has 3 aromatic rings. The summed E-state index contributed by atoms with van der Waals surface area (Å²) in [7, 11) is 1.67. The summed E-state index contributed by atoms with van der Waals surface area (Å²) < 4.78 is 32.2. The molecule has 29 heavy (non-hydrogen) atoms. The SMILES string of the molecule is Cn1cc(F)c(CCc2nc3nc(O[C@@H]4CO[C@H]5[C@@H]4OC[C@H]5O)[nH]c3cc2Cl)n1. The lowest BCUT2D eigenvalue weighted by molar-refractivity contribution is 0.00706. The number of hydrogen-bond acceptors (Lipinski definition) is 7. The smallest absolute Gasteiger partial charge is 0.296 e. The first kappa shape index (κ1) is 18.7. The Balaban J connectivity index is 1.32. The molecule has 0 unspecified atom stereocenters. The molecule has 3 aromatic heterocycles. The quantitative estimate of drug-likeness (QED) is 0.634. The molecular weight excluding hydrogens is 405 g/mol. The van der Waals surface area contributed by atoms with Crippen LogP contribution < -0.4 is 4.74 Å². The number of aromatic amines is 1. The van der Waals surface area contributed by atoms with E-state index in [0.29, 0.717) is 47.0 Å². The fourth-order valence-corrected chi connectivity index (χ4v) is 4.01. The van der Waals surface area contributed by atoms with Crippen LogP contribution >= 0.6 is 11.6 Å². The third-order valence-corrected chi connectivity index (χ3v) is 5.50. The van der Waals surface area contributed by atoms with E-state index in [0.717, 1.165) is 0 Å². The minimum Gasteiger partial charge on any atom is -0.456 e. The maximum Gasteiger partial charge on any atom is 0.296 e. The summed E-state index contributed by atoms with van der Waals surface area (Å²) >= 11 is 6.34. The molecule has 2 N–H and O–H groups in total. The molecule has 2 fully saturated rings. The summed E-state index contributed by atoms with van der Waals surface area (Å²) in [5, 5.41) is 14.4. The Morgan fingerprint density at radius 2 is 2.07 bits per heavy atom. The van der Waals surface area contributed by atoms with Crippen molar-refractivity contribution < 1.29 is 23.7 Å². The number of nitrogens with one attached hydrogen (secondary N) is 1. The minimum absolute atomic E-state index is 0.229. The number of halogens is 2. The maximum absolute atomic E-state index is 13.8. The highest BCUT2D eigenvalue weighted by Crippen LogP contribution is 2.30. The molecular formula is C18H19ClFN5O4. The van der Waals surface area contributed by atoms with Gasteiger partial charge in [-0.3, -0.25) is 4.68 Å². The van der Waals surface area contributed by atoms with E-state index in [2.05, 4.69) is 20.1 Å². The number of aliphatic hydroxyl groups is 1. The van der Waals surface area contributed by atoms with Crippen molar-refractivity contribution in [2.75, 3.05) is 13.2 Å². The van der Waals surface area contributed by atoms with E-state index < -0.39 is 6.10 Å². The summed E-state index contributed by atoms with van der Waals surface area (Å²) in [5.41, 5.74) is 2.05. The molecule has 154 valence electrons. The number of H-pyrrole nitrogens is 1. The van der Waals surface area contributed by atoms with Gasteiger partial charge in [-0.05, 0) is 12.5 Å². The number of aryl methyl sites for hydroxylation is 3. The Morgan fingerprint density at radius 3 is 2.86 bits per heavy atom. The Bertz CT molecular complexity index is 1060. The second-order valence-corrected chi connectivity index (χ2v) is 7.65. The van der Waals surface area contributed by atoms with Crippen LogP contribution in [0.15, 0.2) is 12.3 Å². The molecule has 5 rings (SSSR count). The number of ether oxygens (including phenoxy) is 3. The lowest BCUT2D eigenvalue weighted by atomic mass is 10.1. The average Bonchev–Trinajstić information content (AvgIpc) is 3.41. The van der Waals surface area contributed by atoms with Gasteiger partial charge in [-0.25, -0.2) is 9.37 Å². The third-order valence-electron chi connectivity index (χ3n) is 5.18. The standard InChI is InChI=1S/C18H19ClFN5O4/c1-25-5-9(20)11(24-25)3-2-10-8(19)4-12-17(21-10)23-18(22-12)29-14-7-28-15-13(26)6-27-16(14)15/h4-5,13-16,26H,2-3,6-7H2,1H3,(H,21,22,23)/t13-,14-,15-,16-/m1/s1. The van der Waals surface area contributed by atoms with Crippen LogP contribution in [0.4, 0.5) is 4.39 Å². The van der Waals surface area contributed by atoms with Crippen LogP contribution in [0.3, 0.4) is 0 Å². The first-order valence-electron chi connectivity index (χ1n) is 9.29. The first-order valence-corrected chi connectivity index (χ1v) is 9.67. The number of fused-ring (bicyclic) bond motifs is 2. The zero-order valence-corrected chi connectivity index (χ0v) is 16.3. The lowest BCUT2D eigenvalue weighted by Gasteiger charge is -2.15. The number of pyridine rings is 1. The van der Waals surface area contributed by atoms with E-state index in [1.807, 2.05) is 0 Å². The summed E-state index contributed by atoms with van der Waals surface area (Å²) in [6, 6.07) is 1.99. The van der Waals surface area contributed by atoms with E-state index in [1.165, 1.54) is 10.9 Å². The van der Waals surface area contributed by atoms with Gasteiger partial charge in [0.2, 0.25) is 0 Å². The molecule has 9 nitrogen and oxygen atoms in total. The number of nitrogens with zero attached hydrogens (tertiary/aromatic N) is 4. The molecule has 2 saturated heterocycles. The molecule has 0 spiro atoms. The van der Waals surface area contributed by atoms with Crippen LogP contribution in [0.1, 0.15) is 11.4 Å². The second-order valence-electron chi connectivity index (χ2n) is 7.25. The molecule has 0 aromatic carbocycles. The Kier molecular flexibility index (Phi) is 4.66. The third kappa shape index (κ3) is 3.46.